The maximum Gasteiger partial charge on any atom is 0.417 e. The predicted molar refractivity (Wildman–Crippen MR) is 122 cm³/mol. The van der Waals surface area contributed by atoms with Crippen LogP contribution in [0.25, 0.3) is 5.82 Å². The van der Waals surface area contributed by atoms with E-state index in [4.69, 9.17) is 11.6 Å². The summed E-state index contributed by atoms with van der Waals surface area (Å²) < 4.78 is 39.2. The first-order valence-electron chi connectivity index (χ1n) is 10.3. The molecular weight excluding hydrogens is 477 g/mol. The molecule has 3 aromatic rings. The molecule has 1 N–H and O–H groups in total. The summed E-state index contributed by atoms with van der Waals surface area (Å²) in [6, 6.07) is 6.13. The van der Waals surface area contributed by atoms with Gasteiger partial charge in [-0.3, -0.25) is 9.69 Å². The molecule has 0 spiro atoms. The Morgan fingerprint density at radius 1 is 1.18 bits per heavy atom. The van der Waals surface area contributed by atoms with Crippen LogP contribution < -0.4 is 10.9 Å². The van der Waals surface area contributed by atoms with Gasteiger partial charge in [0.2, 0.25) is 0 Å². The van der Waals surface area contributed by atoms with E-state index in [2.05, 4.69) is 38.3 Å². The second kappa shape index (κ2) is 9.80. The quantitative estimate of drug-likeness (QED) is 0.558. The van der Waals surface area contributed by atoms with Gasteiger partial charge in [-0.15, -0.1) is 11.3 Å². The highest BCUT2D eigenvalue weighted by Gasteiger charge is 2.31. The minimum atomic E-state index is -4.52. The van der Waals surface area contributed by atoms with E-state index in [0.29, 0.717) is 18.4 Å². The van der Waals surface area contributed by atoms with Crippen LogP contribution in [0.3, 0.4) is 0 Å². The lowest BCUT2D eigenvalue weighted by Crippen LogP contribution is -2.47. The molecule has 1 fully saturated rings. The molecule has 1 aliphatic heterocycles. The van der Waals surface area contributed by atoms with E-state index in [1.165, 1.54) is 11.1 Å². The molecular formula is C21H22ClF3N6OS. The van der Waals surface area contributed by atoms with Gasteiger partial charge < -0.3 is 10.2 Å². The van der Waals surface area contributed by atoms with Gasteiger partial charge in [-0.25, -0.2) is 4.98 Å². The van der Waals surface area contributed by atoms with Gasteiger partial charge >= 0.3 is 6.18 Å². The number of rotatable bonds is 6. The second-order valence-corrected chi connectivity index (χ2v) is 9.10. The zero-order valence-electron chi connectivity index (χ0n) is 17.7. The van der Waals surface area contributed by atoms with E-state index in [-0.39, 0.29) is 16.9 Å². The number of nitrogens with zero attached hydrogens (tertiary/aromatic N) is 5. The Hall–Kier alpha value is -2.47. The normalized spacial score (nSPS) is 16.6. The molecule has 4 rings (SSSR count). The number of hydrogen-bond acceptors (Lipinski definition) is 7. The average Bonchev–Trinajstić information content (AvgIpc) is 3.32. The summed E-state index contributed by atoms with van der Waals surface area (Å²) in [6.07, 6.45) is -2.47. The van der Waals surface area contributed by atoms with E-state index in [0.717, 1.165) is 43.0 Å². The van der Waals surface area contributed by atoms with Crippen molar-refractivity contribution in [1.29, 1.82) is 0 Å². The molecule has 0 aliphatic carbocycles. The van der Waals surface area contributed by atoms with E-state index in [9.17, 15) is 18.0 Å². The van der Waals surface area contributed by atoms with E-state index < -0.39 is 17.3 Å². The third-order valence-electron chi connectivity index (χ3n) is 5.55. The van der Waals surface area contributed by atoms with Crippen molar-refractivity contribution in [1.82, 2.24) is 24.6 Å². The summed E-state index contributed by atoms with van der Waals surface area (Å²) in [4.78, 5) is 22.3. The van der Waals surface area contributed by atoms with Gasteiger partial charge in [0.15, 0.2) is 5.82 Å². The zero-order valence-corrected chi connectivity index (χ0v) is 19.3. The number of alkyl halides is 3. The van der Waals surface area contributed by atoms with Crippen molar-refractivity contribution < 1.29 is 13.2 Å². The third-order valence-corrected chi connectivity index (χ3v) is 6.89. The molecule has 7 nitrogen and oxygen atoms in total. The van der Waals surface area contributed by atoms with Gasteiger partial charge in [0.1, 0.15) is 5.02 Å². The van der Waals surface area contributed by atoms with Crippen LogP contribution in [0, 0.1) is 0 Å². The van der Waals surface area contributed by atoms with E-state index in [1.807, 2.05) is 11.4 Å². The number of thiophene rings is 1. The van der Waals surface area contributed by atoms with Crippen molar-refractivity contribution in [2.45, 2.75) is 12.2 Å². The van der Waals surface area contributed by atoms with Crippen molar-refractivity contribution in [2.24, 2.45) is 0 Å². The third kappa shape index (κ3) is 5.37. The second-order valence-electron chi connectivity index (χ2n) is 7.74. The van der Waals surface area contributed by atoms with E-state index >= 15 is 0 Å². The van der Waals surface area contributed by atoms with Crippen LogP contribution in [-0.4, -0.2) is 64.3 Å². The lowest BCUT2D eigenvalue weighted by atomic mass is 10.1. The smallest absolute Gasteiger partial charge is 0.380 e. The number of piperazine rings is 1. The molecule has 0 amide bonds. The fraction of sp³-hybridized carbons (Fsp3) is 0.381. The number of halogens is 4. The summed E-state index contributed by atoms with van der Waals surface area (Å²) in [5, 5.41) is 9.22. The largest absolute Gasteiger partial charge is 0.417 e. The SMILES string of the molecule is CN1CCN([C@H](CNc2cnn(-c3ccc(C(F)(F)F)cn3)c(=O)c2Cl)c2cccs2)CC1. The van der Waals surface area contributed by atoms with Crippen LogP contribution >= 0.6 is 22.9 Å². The van der Waals surface area contributed by atoms with Crippen molar-refractivity contribution in [3.05, 3.63) is 67.9 Å². The molecule has 1 aliphatic rings. The first-order valence-corrected chi connectivity index (χ1v) is 11.5. The molecule has 4 heterocycles. The summed E-state index contributed by atoms with van der Waals surface area (Å²) in [5.74, 6) is -0.0460. The molecule has 3 aromatic heterocycles. The highest BCUT2D eigenvalue weighted by Crippen LogP contribution is 2.29. The molecule has 176 valence electrons. The fourth-order valence-electron chi connectivity index (χ4n) is 3.63. The van der Waals surface area contributed by atoms with Crippen LogP contribution in [0.4, 0.5) is 18.9 Å². The standard InChI is InChI=1S/C21H22ClF3N6OS/c1-29-6-8-30(9-7-29)16(17-3-2-10-33-17)13-26-15-12-28-31(20(32)19(15)22)18-5-4-14(11-27-18)21(23,24)25/h2-5,10-12,16,26H,6-9,13H2,1H3/t16-/m1/s1. The van der Waals surface area contributed by atoms with Crippen LogP contribution in [0.2, 0.25) is 5.02 Å². The highest BCUT2D eigenvalue weighted by molar-refractivity contribution is 7.10. The summed E-state index contributed by atoms with van der Waals surface area (Å²) >= 11 is 7.98. The van der Waals surface area contributed by atoms with Crippen molar-refractivity contribution in [3.8, 4) is 5.82 Å². The van der Waals surface area contributed by atoms with Gasteiger partial charge in [0, 0.05) is 43.8 Å². The molecule has 0 saturated carbocycles. The van der Waals surface area contributed by atoms with Crippen molar-refractivity contribution in [3.63, 3.8) is 0 Å². The molecule has 33 heavy (non-hydrogen) atoms. The number of likely N-dealkylation sites (N-methyl/N-ethyl adjacent to an activating group) is 1. The number of aromatic nitrogens is 3. The van der Waals surface area contributed by atoms with Crippen LogP contribution in [0.5, 0.6) is 0 Å². The van der Waals surface area contributed by atoms with Crippen LogP contribution in [0.1, 0.15) is 16.5 Å². The number of anilines is 1. The minimum Gasteiger partial charge on any atom is -0.380 e. The monoisotopic (exact) mass is 498 g/mol. The molecule has 0 aromatic carbocycles. The molecule has 1 saturated heterocycles. The topological polar surface area (TPSA) is 66.3 Å². The lowest BCUT2D eigenvalue weighted by Gasteiger charge is -2.37. The zero-order chi connectivity index (χ0) is 23.6. The molecule has 0 radical (unpaired) electrons. The van der Waals surface area contributed by atoms with Gasteiger partial charge in [-0.2, -0.15) is 23.0 Å². The molecule has 1 atom stereocenters. The Morgan fingerprint density at radius 2 is 1.94 bits per heavy atom. The summed E-state index contributed by atoms with van der Waals surface area (Å²) in [5.41, 5.74) is -1.21. The van der Waals surface area contributed by atoms with Gasteiger partial charge in [-0.1, -0.05) is 17.7 Å². The average molecular weight is 499 g/mol. The Labute approximate surface area is 197 Å². The Balaban J connectivity index is 1.52. The Bertz CT molecular complexity index is 1130. The van der Waals surface area contributed by atoms with Gasteiger partial charge in [0.05, 0.1) is 23.5 Å². The van der Waals surface area contributed by atoms with Crippen LogP contribution in [-0.2, 0) is 6.18 Å². The Morgan fingerprint density at radius 3 is 2.55 bits per heavy atom. The predicted octanol–water partition coefficient (Wildman–Crippen LogP) is 3.76. The van der Waals surface area contributed by atoms with Crippen LogP contribution in [0.15, 0.2) is 46.8 Å². The van der Waals surface area contributed by atoms with E-state index in [1.54, 1.807) is 11.3 Å². The highest BCUT2D eigenvalue weighted by atomic mass is 35.5. The number of nitrogens with one attached hydrogen (secondary N) is 1. The van der Waals surface area contributed by atoms with Crippen molar-refractivity contribution >= 4 is 28.6 Å². The number of hydrogen-bond donors (Lipinski definition) is 1. The molecule has 0 bridgehead atoms. The Kier molecular flexibility index (Phi) is 7.03. The summed E-state index contributed by atoms with van der Waals surface area (Å²) in [7, 11) is 2.10. The number of pyridine rings is 1. The maximum atomic E-state index is 12.8. The van der Waals surface area contributed by atoms with Gasteiger partial charge in [0.25, 0.3) is 5.56 Å². The van der Waals surface area contributed by atoms with Gasteiger partial charge in [-0.05, 0) is 30.6 Å². The first kappa shape index (κ1) is 23.7. The minimum absolute atomic E-state index is 0.0460. The lowest BCUT2D eigenvalue weighted by molar-refractivity contribution is -0.137. The van der Waals surface area contributed by atoms with Crippen molar-refractivity contribution in [2.75, 3.05) is 45.1 Å². The fourth-order valence-corrected chi connectivity index (χ4v) is 4.69. The first-order chi connectivity index (χ1) is 15.7. The summed E-state index contributed by atoms with van der Waals surface area (Å²) in [6.45, 7) is 4.32. The molecule has 0 unspecified atom stereocenters. The maximum absolute atomic E-state index is 12.8. The molecule has 12 heteroatoms.